The van der Waals surface area contributed by atoms with Gasteiger partial charge in [0.05, 0.1) is 0 Å². The number of nitrogens with zero attached hydrogens (tertiary/aromatic N) is 2. The summed E-state index contributed by atoms with van der Waals surface area (Å²) in [6.45, 7) is -2.97. The normalized spacial score (nSPS) is 10.9. The van der Waals surface area contributed by atoms with E-state index < -0.39 is 12.6 Å². The summed E-state index contributed by atoms with van der Waals surface area (Å²) < 4.78 is 35.4. The van der Waals surface area contributed by atoms with Crippen molar-refractivity contribution in [1.29, 1.82) is 0 Å². The Morgan fingerprint density at radius 3 is 2.21 bits per heavy atom. The van der Waals surface area contributed by atoms with Crippen molar-refractivity contribution in [2.24, 2.45) is 0 Å². The Balaban J connectivity index is 0.00000169. The SMILES string of the molecule is Cc1cnc(SC[B-](F)(F)F)nc1.[K+]. The van der Waals surface area contributed by atoms with Gasteiger partial charge in [-0.25, -0.2) is 9.97 Å². The molecule has 0 aliphatic carbocycles. The number of hydrogen-bond acceptors (Lipinski definition) is 3. The van der Waals surface area contributed by atoms with E-state index in [2.05, 4.69) is 9.97 Å². The second-order valence-corrected chi connectivity index (χ2v) is 3.55. The standard InChI is InChI=1S/C6H7BF3N2S.K/c1-5-2-11-6(12-3-5)13-4-7(8,9)10;/h2-3H,4H2,1H3;/q-1;+1. The fourth-order valence-corrected chi connectivity index (χ4v) is 1.22. The molecule has 1 aromatic rings. The molecule has 0 amide bonds. The molecule has 1 heterocycles. The summed E-state index contributed by atoms with van der Waals surface area (Å²) in [6, 6.07) is 0. The first-order valence-corrected chi connectivity index (χ1v) is 4.58. The molecule has 8 heteroatoms. The van der Waals surface area contributed by atoms with E-state index in [1.165, 1.54) is 12.4 Å². The van der Waals surface area contributed by atoms with E-state index in [4.69, 9.17) is 0 Å². The third-order valence-corrected chi connectivity index (χ3v) is 2.17. The third kappa shape index (κ3) is 6.41. The molecule has 0 saturated heterocycles. The zero-order chi connectivity index (χ0) is 9.90. The summed E-state index contributed by atoms with van der Waals surface area (Å²) in [6.07, 6.45) is 3.00. The molecule has 72 valence electrons. The molecule has 0 bridgehead atoms. The average molecular weight is 246 g/mol. The van der Waals surface area contributed by atoms with Gasteiger partial charge in [0.1, 0.15) is 0 Å². The van der Waals surface area contributed by atoms with Gasteiger partial charge >= 0.3 is 58.4 Å². The largest absolute Gasteiger partial charge is 1.00 e. The molecule has 0 fully saturated rings. The van der Waals surface area contributed by atoms with Gasteiger partial charge < -0.3 is 12.9 Å². The van der Waals surface area contributed by atoms with Gasteiger partial charge in [0.25, 0.3) is 0 Å². The quantitative estimate of drug-likeness (QED) is 0.399. The van der Waals surface area contributed by atoms with Crippen LogP contribution in [-0.4, -0.2) is 22.6 Å². The number of thioether (sulfide) groups is 1. The van der Waals surface area contributed by atoms with Crippen molar-refractivity contribution in [2.75, 3.05) is 5.65 Å². The van der Waals surface area contributed by atoms with Crippen LogP contribution in [0.3, 0.4) is 0 Å². The molecule has 1 aromatic heterocycles. The smallest absolute Gasteiger partial charge is 0.448 e. The average Bonchev–Trinajstić information content (AvgIpc) is 2.02. The molecule has 1 rings (SSSR count). The van der Waals surface area contributed by atoms with Crippen LogP contribution in [-0.2, 0) is 0 Å². The molecule has 0 aliphatic rings. The van der Waals surface area contributed by atoms with E-state index in [-0.39, 0.29) is 56.5 Å². The Morgan fingerprint density at radius 2 is 1.79 bits per heavy atom. The summed E-state index contributed by atoms with van der Waals surface area (Å²) in [5.74, 6) is 0. The van der Waals surface area contributed by atoms with Crippen molar-refractivity contribution in [2.45, 2.75) is 12.1 Å². The van der Waals surface area contributed by atoms with E-state index in [1.54, 1.807) is 6.92 Å². The topological polar surface area (TPSA) is 25.8 Å². The Hall–Kier alpha value is 0.921. The minimum atomic E-state index is -4.75. The number of aromatic nitrogens is 2. The second-order valence-electron chi connectivity index (χ2n) is 2.56. The molecule has 0 N–H and O–H groups in total. The van der Waals surface area contributed by atoms with Crippen LogP contribution < -0.4 is 51.4 Å². The van der Waals surface area contributed by atoms with Crippen LogP contribution in [0.1, 0.15) is 5.56 Å². The monoisotopic (exact) mass is 246 g/mol. The maximum absolute atomic E-state index is 11.8. The fourth-order valence-electron chi connectivity index (χ4n) is 0.624. The molecule has 0 saturated carbocycles. The second kappa shape index (κ2) is 6.49. The van der Waals surface area contributed by atoms with Crippen molar-refractivity contribution in [1.82, 2.24) is 9.97 Å². The molecular weight excluding hydrogens is 239 g/mol. The Bertz CT molecular complexity index is 279. The van der Waals surface area contributed by atoms with Gasteiger partial charge in [-0.05, 0) is 18.1 Å². The summed E-state index contributed by atoms with van der Waals surface area (Å²) >= 11 is 0.617. The van der Waals surface area contributed by atoms with Gasteiger partial charge in [-0.15, -0.1) is 11.8 Å². The van der Waals surface area contributed by atoms with Crippen LogP contribution >= 0.6 is 11.8 Å². The van der Waals surface area contributed by atoms with Gasteiger partial charge in [-0.3, -0.25) is 0 Å². The van der Waals surface area contributed by atoms with Crippen molar-refractivity contribution in [3.63, 3.8) is 0 Å². The molecule has 14 heavy (non-hydrogen) atoms. The van der Waals surface area contributed by atoms with Crippen molar-refractivity contribution >= 4 is 18.7 Å². The number of aryl methyl sites for hydroxylation is 1. The molecule has 2 nitrogen and oxygen atoms in total. The number of hydrogen-bond donors (Lipinski definition) is 0. The zero-order valence-electron chi connectivity index (χ0n) is 7.88. The molecule has 0 aromatic carbocycles. The van der Waals surface area contributed by atoms with Crippen LogP contribution in [0, 0.1) is 6.92 Å². The van der Waals surface area contributed by atoms with Crippen LogP contribution in [0.5, 0.6) is 0 Å². The van der Waals surface area contributed by atoms with Gasteiger partial charge in [0.15, 0.2) is 5.16 Å². The predicted molar refractivity (Wildman–Crippen MR) is 46.6 cm³/mol. The van der Waals surface area contributed by atoms with Gasteiger partial charge in [0.2, 0.25) is 0 Å². The van der Waals surface area contributed by atoms with E-state index in [9.17, 15) is 12.9 Å². The molecular formula is C6H7BF3KN2S. The Labute approximate surface area is 127 Å². The van der Waals surface area contributed by atoms with Crippen LogP contribution in [0.2, 0.25) is 0 Å². The van der Waals surface area contributed by atoms with Gasteiger partial charge in [-0.2, -0.15) is 0 Å². The van der Waals surface area contributed by atoms with Crippen molar-refractivity contribution in [3.8, 4) is 0 Å². The van der Waals surface area contributed by atoms with E-state index in [0.29, 0.717) is 11.8 Å². The van der Waals surface area contributed by atoms with E-state index in [1.807, 2.05) is 0 Å². The van der Waals surface area contributed by atoms with Crippen molar-refractivity contribution in [3.05, 3.63) is 18.0 Å². The first-order valence-electron chi connectivity index (χ1n) is 3.60. The molecule has 0 radical (unpaired) electrons. The molecule has 0 aliphatic heterocycles. The summed E-state index contributed by atoms with van der Waals surface area (Å²) in [4.78, 5) is 7.49. The summed E-state index contributed by atoms with van der Waals surface area (Å²) in [5, 5.41) is 0.171. The summed E-state index contributed by atoms with van der Waals surface area (Å²) in [5.41, 5.74) is -0.0508. The molecule has 0 atom stereocenters. The minimum Gasteiger partial charge on any atom is -0.448 e. The first kappa shape index (κ1) is 14.9. The fraction of sp³-hybridized carbons (Fsp3) is 0.333. The maximum atomic E-state index is 11.8. The number of halogens is 3. The van der Waals surface area contributed by atoms with E-state index >= 15 is 0 Å². The van der Waals surface area contributed by atoms with Crippen LogP contribution in [0.25, 0.3) is 0 Å². The summed E-state index contributed by atoms with van der Waals surface area (Å²) in [7, 11) is 0. The minimum absolute atomic E-state index is 0. The molecule has 0 unspecified atom stereocenters. The third-order valence-electron chi connectivity index (χ3n) is 1.16. The predicted octanol–water partition coefficient (Wildman–Crippen LogP) is -0.732. The van der Waals surface area contributed by atoms with Crippen LogP contribution in [0.4, 0.5) is 12.9 Å². The Morgan fingerprint density at radius 1 is 1.29 bits per heavy atom. The number of rotatable bonds is 3. The van der Waals surface area contributed by atoms with Crippen LogP contribution in [0.15, 0.2) is 17.6 Å². The zero-order valence-corrected chi connectivity index (χ0v) is 11.8. The molecule has 0 spiro atoms. The first-order chi connectivity index (χ1) is 5.97. The van der Waals surface area contributed by atoms with Gasteiger partial charge in [-0.1, -0.05) is 0 Å². The maximum Gasteiger partial charge on any atom is 1.00 e. The Kier molecular flexibility index (Phi) is 6.92. The van der Waals surface area contributed by atoms with Gasteiger partial charge in [0, 0.05) is 12.4 Å². The van der Waals surface area contributed by atoms with Crippen molar-refractivity contribution < 1.29 is 64.3 Å². The van der Waals surface area contributed by atoms with E-state index in [0.717, 1.165) is 5.56 Å².